The van der Waals surface area contributed by atoms with Crippen LogP contribution >= 0.6 is 11.6 Å². The van der Waals surface area contributed by atoms with Gasteiger partial charge in [-0.05, 0) is 31.2 Å². The molecule has 1 aliphatic rings. The Hall–Kier alpha value is -3.33. The summed E-state index contributed by atoms with van der Waals surface area (Å²) in [5, 5.41) is 16.0. The molecule has 0 aliphatic carbocycles. The molecule has 0 bridgehead atoms. The summed E-state index contributed by atoms with van der Waals surface area (Å²) in [5.41, 5.74) is 0.114. The van der Waals surface area contributed by atoms with E-state index in [9.17, 15) is 19.7 Å². The number of rotatable bonds is 5. The van der Waals surface area contributed by atoms with Gasteiger partial charge in [0.05, 0.1) is 4.92 Å². The van der Waals surface area contributed by atoms with E-state index in [2.05, 4.69) is 10.6 Å². The molecule has 9 nitrogen and oxygen atoms in total. The van der Waals surface area contributed by atoms with E-state index in [1.54, 1.807) is 18.2 Å². The van der Waals surface area contributed by atoms with E-state index >= 15 is 0 Å². The van der Waals surface area contributed by atoms with Crippen molar-refractivity contribution < 1.29 is 24.0 Å². The second kappa shape index (κ2) is 7.50. The summed E-state index contributed by atoms with van der Waals surface area (Å²) in [4.78, 5) is 34.8. The summed E-state index contributed by atoms with van der Waals surface area (Å²) >= 11 is 5.73. The average molecular weight is 392 g/mol. The predicted molar refractivity (Wildman–Crippen MR) is 96.2 cm³/mol. The van der Waals surface area contributed by atoms with Gasteiger partial charge in [-0.15, -0.1) is 0 Å². The van der Waals surface area contributed by atoms with Gasteiger partial charge in [0, 0.05) is 23.4 Å². The fourth-order valence-electron chi connectivity index (χ4n) is 2.36. The third kappa shape index (κ3) is 4.09. The molecule has 140 valence electrons. The molecule has 0 saturated carbocycles. The normalized spacial score (nSPS) is 13.0. The Morgan fingerprint density at radius 3 is 2.67 bits per heavy atom. The second-order valence-corrected chi connectivity index (χ2v) is 6.08. The van der Waals surface area contributed by atoms with Crippen LogP contribution in [0.5, 0.6) is 11.5 Å². The topological polar surface area (TPSA) is 120 Å². The average Bonchev–Trinajstić information content (AvgIpc) is 3.09. The van der Waals surface area contributed by atoms with E-state index in [0.29, 0.717) is 17.2 Å². The number of nitrogens with zero attached hydrogens (tertiary/aromatic N) is 1. The highest BCUT2D eigenvalue weighted by Gasteiger charge is 2.21. The van der Waals surface area contributed by atoms with Crippen LogP contribution in [0.1, 0.15) is 17.3 Å². The molecule has 3 rings (SSSR count). The van der Waals surface area contributed by atoms with Crippen molar-refractivity contribution in [3.05, 3.63) is 57.1 Å². The van der Waals surface area contributed by atoms with Crippen LogP contribution in [0.2, 0.25) is 5.02 Å². The highest BCUT2D eigenvalue weighted by Crippen LogP contribution is 2.34. The Kier molecular flexibility index (Phi) is 5.13. The molecule has 0 fully saturated rings. The van der Waals surface area contributed by atoms with E-state index < -0.39 is 22.8 Å². The number of nitrogens with one attached hydrogen (secondary N) is 2. The minimum atomic E-state index is -0.891. The number of hydrogen-bond donors (Lipinski definition) is 2. The maximum atomic E-state index is 12.3. The van der Waals surface area contributed by atoms with Gasteiger partial charge in [0.2, 0.25) is 12.7 Å². The Morgan fingerprint density at radius 2 is 1.93 bits per heavy atom. The van der Waals surface area contributed by atoms with Crippen LogP contribution in [0.25, 0.3) is 0 Å². The third-order valence-corrected chi connectivity index (χ3v) is 4.11. The molecule has 2 aromatic rings. The zero-order valence-electron chi connectivity index (χ0n) is 14.0. The lowest BCUT2D eigenvalue weighted by Crippen LogP contribution is -2.41. The number of benzene rings is 2. The number of nitro benzene ring substituents is 1. The quantitative estimate of drug-likeness (QED) is 0.597. The van der Waals surface area contributed by atoms with Crippen LogP contribution in [0.4, 0.5) is 11.4 Å². The Morgan fingerprint density at radius 1 is 1.19 bits per heavy atom. The lowest BCUT2D eigenvalue weighted by molar-refractivity contribution is -0.384. The zero-order valence-corrected chi connectivity index (χ0v) is 14.8. The lowest BCUT2D eigenvalue weighted by atomic mass is 10.1. The Balaban J connectivity index is 1.65. The van der Waals surface area contributed by atoms with Crippen molar-refractivity contribution in [1.82, 2.24) is 5.32 Å². The maximum Gasteiger partial charge on any atom is 0.288 e. The van der Waals surface area contributed by atoms with E-state index in [-0.39, 0.29) is 23.1 Å². The summed E-state index contributed by atoms with van der Waals surface area (Å²) in [6.45, 7) is 1.61. The third-order valence-electron chi connectivity index (χ3n) is 3.79. The van der Waals surface area contributed by atoms with Crippen molar-refractivity contribution in [2.75, 3.05) is 12.1 Å². The van der Waals surface area contributed by atoms with Crippen LogP contribution in [0.15, 0.2) is 36.4 Å². The first kappa shape index (κ1) is 18.5. The number of halogens is 1. The molecule has 0 radical (unpaired) electrons. The van der Waals surface area contributed by atoms with Gasteiger partial charge in [0.25, 0.3) is 11.6 Å². The smallest absolute Gasteiger partial charge is 0.288 e. The van der Waals surface area contributed by atoms with Crippen molar-refractivity contribution in [2.24, 2.45) is 0 Å². The number of anilines is 1. The number of carbonyl (C=O) groups is 2. The van der Waals surface area contributed by atoms with Crippen molar-refractivity contribution in [1.29, 1.82) is 0 Å². The van der Waals surface area contributed by atoms with Crippen molar-refractivity contribution >= 4 is 34.8 Å². The number of fused-ring (bicyclic) bond motifs is 1. The monoisotopic (exact) mass is 391 g/mol. The molecule has 2 N–H and O–H groups in total. The molecule has 2 amide bonds. The van der Waals surface area contributed by atoms with Gasteiger partial charge in [-0.1, -0.05) is 11.6 Å². The van der Waals surface area contributed by atoms with E-state index in [1.807, 2.05) is 0 Å². The Bertz CT molecular complexity index is 933. The molecular weight excluding hydrogens is 378 g/mol. The number of amides is 2. The molecule has 1 aliphatic heterocycles. The molecule has 1 heterocycles. The largest absolute Gasteiger partial charge is 0.454 e. The minimum Gasteiger partial charge on any atom is -0.454 e. The fraction of sp³-hybridized carbons (Fsp3) is 0.176. The van der Waals surface area contributed by atoms with Crippen LogP contribution in [0, 0.1) is 10.1 Å². The first-order valence-corrected chi connectivity index (χ1v) is 8.18. The minimum absolute atomic E-state index is 0.0221. The highest BCUT2D eigenvalue weighted by molar-refractivity contribution is 6.32. The highest BCUT2D eigenvalue weighted by atomic mass is 35.5. The zero-order chi connectivity index (χ0) is 19.6. The number of hydrogen-bond acceptors (Lipinski definition) is 6. The standard InChI is InChI=1S/C17H14ClN3O6/c1-9(16(22)20-11-3-5-14-15(7-11)27-8-26-14)19-17(23)10-2-4-12(18)13(6-10)21(24)25/h2-7,9H,8H2,1H3,(H,19,23)(H,20,22)/t9-/m1/s1. The van der Waals surface area contributed by atoms with E-state index in [1.165, 1.54) is 19.1 Å². The van der Waals surface area contributed by atoms with Gasteiger partial charge in [-0.2, -0.15) is 0 Å². The molecule has 0 aromatic heterocycles. The molecule has 0 saturated heterocycles. The van der Waals surface area contributed by atoms with Gasteiger partial charge in [-0.3, -0.25) is 19.7 Å². The first-order valence-electron chi connectivity index (χ1n) is 7.80. The summed E-state index contributed by atoms with van der Waals surface area (Å²) in [7, 11) is 0. The number of carbonyl (C=O) groups excluding carboxylic acids is 2. The summed E-state index contributed by atoms with van der Waals surface area (Å²) < 4.78 is 10.4. The van der Waals surface area contributed by atoms with Gasteiger partial charge in [0.15, 0.2) is 11.5 Å². The first-order chi connectivity index (χ1) is 12.8. The molecule has 10 heteroatoms. The molecule has 2 aromatic carbocycles. The number of nitro groups is 1. The molecular formula is C17H14ClN3O6. The predicted octanol–water partition coefficient (Wildman–Crippen LogP) is 2.73. The van der Waals surface area contributed by atoms with Crippen LogP contribution in [-0.4, -0.2) is 29.6 Å². The van der Waals surface area contributed by atoms with Gasteiger partial charge < -0.3 is 20.1 Å². The summed E-state index contributed by atoms with van der Waals surface area (Å²) in [5.74, 6) is -0.00886. The van der Waals surface area contributed by atoms with Gasteiger partial charge >= 0.3 is 0 Å². The van der Waals surface area contributed by atoms with E-state index in [4.69, 9.17) is 21.1 Å². The summed E-state index contributed by atoms with van der Waals surface area (Å²) in [6, 6.07) is 7.67. The van der Waals surface area contributed by atoms with Crippen LogP contribution < -0.4 is 20.1 Å². The van der Waals surface area contributed by atoms with Crippen LogP contribution in [0.3, 0.4) is 0 Å². The molecule has 1 atom stereocenters. The molecule has 0 spiro atoms. The van der Waals surface area contributed by atoms with Gasteiger partial charge in [-0.25, -0.2) is 0 Å². The van der Waals surface area contributed by atoms with Crippen LogP contribution in [-0.2, 0) is 4.79 Å². The SMILES string of the molecule is C[C@@H](NC(=O)c1ccc(Cl)c([N+](=O)[O-])c1)C(=O)Nc1ccc2c(c1)OCO2. The number of ether oxygens (including phenoxy) is 2. The van der Waals surface area contributed by atoms with E-state index in [0.717, 1.165) is 6.07 Å². The fourth-order valence-corrected chi connectivity index (χ4v) is 2.55. The maximum absolute atomic E-state index is 12.3. The van der Waals surface area contributed by atoms with Crippen molar-refractivity contribution in [3.63, 3.8) is 0 Å². The molecule has 0 unspecified atom stereocenters. The van der Waals surface area contributed by atoms with Gasteiger partial charge in [0.1, 0.15) is 11.1 Å². The Labute approximate surface area is 158 Å². The second-order valence-electron chi connectivity index (χ2n) is 5.68. The lowest BCUT2D eigenvalue weighted by Gasteiger charge is -2.14. The van der Waals surface area contributed by atoms with Crippen molar-refractivity contribution in [2.45, 2.75) is 13.0 Å². The summed E-state index contributed by atoms with van der Waals surface area (Å²) in [6.07, 6.45) is 0. The van der Waals surface area contributed by atoms with Crippen molar-refractivity contribution in [3.8, 4) is 11.5 Å². The molecule has 27 heavy (non-hydrogen) atoms.